The molecule has 0 aromatic heterocycles. The minimum Gasteiger partial charge on any atom is -0.491 e. The number of amides is 1. The number of nitrogens with one attached hydrogen (secondary N) is 1. The number of piperazine rings is 1. The average molecular weight is 298 g/mol. The van der Waals surface area contributed by atoms with Crippen LogP contribution in [0.4, 0.5) is 8.78 Å². The summed E-state index contributed by atoms with van der Waals surface area (Å²) in [5.41, 5.74) is 0. The van der Waals surface area contributed by atoms with Crippen LogP contribution in [0.25, 0.3) is 0 Å². The molecular weight excluding hydrogens is 278 g/mol. The van der Waals surface area contributed by atoms with Gasteiger partial charge in [0.2, 0.25) is 5.91 Å². The molecule has 1 saturated heterocycles. The lowest BCUT2D eigenvalue weighted by Gasteiger charge is -2.32. The Morgan fingerprint density at radius 1 is 1.48 bits per heavy atom. The number of benzene rings is 1. The Hall–Kier alpha value is -1.69. The zero-order valence-electron chi connectivity index (χ0n) is 12.1. The van der Waals surface area contributed by atoms with Gasteiger partial charge in [-0.3, -0.25) is 4.79 Å². The fourth-order valence-corrected chi connectivity index (χ4v) is 2.31. The Bertz CT molecular complexity index is 497. The first-order chi connectivity index (χ1) is 10.1. The zero-order chi connectivity index (χ0) is 15.2. The quantitative estimate of drug-likeness (QED) is 0.845. The second kappa shape index (κ2) is 7.36. The van der Waals surface area contributed by atoms with E-state index < -0.39 is 11.6 Å². The van der Waals surface area contributed by atoms with E-state index in [2.05, 4.69) is 5.32 Å². The minimum absolute atomic E-state index is 0.0136. The maximum atomic E-state index is 13.3. The lowest BCUT2D eigenvalue weighted by molar-refractivity contribution is -0.132. The van der Waals surface area contributed by atoms with Gasteiger partial charge in [0.25, 0.3) is 0 Å². The van der Waals surface area contributed by atoms with Gasteiger partial charge in [-0.05, 0) is 25.5 Å². The lowest BCUT2D eigenvalue weighted by atomic mass is 10.2. The van der Waals surface area contributed by atoms with Gasteiger partial charge in [-0.25, -0.2) is 8.78 Å². The average Bonchev–Trinajstić information content (AvgIpc) is 2.45. The Balaban J connectivity index is 1.70. The van der Waals surface area contributed by atoms with E-state index >= 15 is 0 Å². The van der Waals surface area contributed by atoms with Crippen LogP contribution in [0.15, 0.2) is 18.2 Å². The van der Waals surface area contributed by atoms with Crippen molar-refractivity contribution in [2.75, 3.05) is 26.2 Å². The Kier molecular flexibility index (Phi) is 5.50. The van der Waals surface area contributed by atoms with Crippen LogP contribution in [0, 0.1) is 11.6 Å². The molecule has 1 aliphatic heterocycles. The minimum atomic E-state index is -0.725. The highest BCUT2D eigenvalue weighted by Crippen LogP contribution is 2.17. The molecule has 1 aromatic carbocycles. The van der Waals surface area contributed by atoms with Crippen LogP contribution in [-0.2, 0) is 4.79 Å². The van der Waals surface area contributed by atoms with E-state index in [4.69, 9.17) is 4.74 Å². The van der Waals surface area contributed by atoms with Crippen molar-refractivity contribution in [3.05, 3.63) is 29.8 Å². The van der Waals surface area contributed by atoms with Gasteiger partial charge in [0, 0.05) is 38.2 Å². The van der Waals surface area contributed by atoms with Crippen molar-refractivity contribution in [2.24, 2.45) is 0 Å². The third-order valence-corrected chi connectivity index (χ3v) is 3.41. The summed E-state index contributed by atoms with van der Waals surface area (Å²) in [4.78, 5) is 13.8. The summed E-state index contributed by atoms with van der Waals surface area (Å²) in [6.45, 7) is 4.52. The van der Waals surface area contributed by atoms with Crippen LogP contribution >= 0.6 is 0 Å². The van der Waals surface area contributed by atoms with Crippen molar-refractivity contribution in [1.29, 1.82) is 0 Å². The highest BCUT2D eigenvalue weighted by molar-refractivity contribution is 5.76. The molecule has 1 heterocycles. The predicted molar refractivity (Wildman–Crippen MR) is 75.1 cm³/mol. The smallest absolute Gasteiger partial charge is 0.222 e. The Morgan fingerprint density at radius 2 is 2.29 bits per heavy atom. The van der Waals surface area contributed by atoms with Gasteiger partial charge >= 0.3 is 0 Å². The highest BCUT2D eigenvalue weighted by atomic mass is 19.1. The summed E-state index contributed by atoms with van der Waals surface area (Å²) < 4.78 is 31.3. The van der Waals surface area contributed by atoms with Crippen LogP contribution < -0.4 is 10.1 Å². The monoisotopic (exact) mass is 298 g/mol. The van der Waals surface area contributed by atoms with Crippen molar-refractivity contribution in [1.82, 2.24) is 10.2 Å². The number of rotatable bonds is 5. The number of hydrogen-bond donors (Lipinski definition) is 1. The molecule has 21 heavy (non-hydrogen) atoms. The van der Waals surface area contributed by atoms with E-state index in [1.807, 2.05) is 11.8 Å². The first-order valence-electron chi connectivity index (χ1n) is 7.15. The molecule has 0 bridgehead atoms. The highest BCUT2D eigenvalue weighted by Gasteiger charge is 2.19. The topological polar surface area (TPSA) is 41.6 Å². The molecule has 6 heteroatoms. The van der Waals surface area contributed by atoms with Crippen molar-refractivity contribution in [3.8, 4) is 5.75 Å². The van der Waals surface area contributed by atoms with Crippen LogP contribution in [-0.4, -0.2) is 43.1 Å². The summed E-state index contributed by atoms with van der Waals surface area (Å²) in [5.74, 6) is -1.26. The summed E-state index contributed by atoms with van der Waals surface area (Å²) in [6, 6.07) is 3.49. The lowest BCUT2D eigenvalue weighted by Crippen LogP contribution is -2.51. The van der Waals surface area contributed by atoms with Crippen molar-refractivity contribution < 1.29 is 18.3 Å². The second-order valence-electron chi connectivity index (χ2n) is 5.22. The Labute approximate surface area is 123 Å². The second-order valence-corrected chi connectivity index (χ2v) is 5.22. The largest absolute Gasteiger partial charge is 0.491 e. The Morgan fingerprint density at radius 3 is 3.00 bits per heavy atom. The van der Waals surface area contributed by atoms with E-state index in [0.717, 1.165) is 25.2 Å². The molecule has 1 atom stereocenters. The van der Waals surface area contributed by atoms with E-state index in [9.17, 15) is 13.6 Å². The first-order valence-corrected chi connectivity index (χ1v) is 7.15. The normalized spacial score (nSPS) is 18.6. The molecule has 0 spiro atoms. The van der Waals surface area contributed by atoms with E-state index in [-0.39, 0.29) is 18.3 Å². The van der Waals surface area contributed by atoms with Crippen molar-refractivity contribution in [3.63, 3.8) is 0 Å². The maximum absolute atomic E-state index is 13.3. The fourth-order valence-electron chi connectivity index (χ4n) is 2.31. The third-order valence-electron chi connectivity index (χ3n) is 3.41. The number of ether oxygens (including phenoxy) is 1. The predicted octanol–water partition coefficient (Wildman–Crippen LogP) is 1.94. The molecule has 116 valence electrons. The van der Waals surface area contributed by atoms with Gasteiger partial charge in [-0.2, -0.15) is 0 Å². The van der Waals surface area contributed by atoms with E-state index in [1.165, 1.54) is 6.07 Å². The summed E-state index contributed by atoms with van der Waals surface area (Å²) in [7, 11) is 0. The van der Waals surface area contributed by atoms with Crippen LogP contribution in [0.2, 0.25) is 0 Å². The molecule has 4 nitrogen and oxygen atoms in total. The van der Waals surface area contributed by atoms with E-state index in [1.54, 1.807) is 0 Å². The number of nitrogens with zero attached hydrogens (tertiary/aromatic N) is 1. The summed E-state index contributed by atoms with van der Waals surface area (Å²) >= 11 is 0. The molecule has 2 rings (SSSR count). The first kappa shape index (κ1) is 15.7. The molecule has 1 aliphatic rings. The summed E-state index contributed by atoms with van der Waals surface area (Å²) in [6.07, 6.45) is 0.878. The molecule has 1 amide bonds. The van der Waals surface area contributed by atoms with Crippen LogP contribution in [0.3, 0.4) is 0 Å². The number of carbonyl (C=O) groups excluding carboxylic acids is 1. The SMILES string of the molecule is CC1CN(C(=O)CCCOc2ccc(F)cc2F)CCN1. The van der Waals surface area contributed by atoms with Crippen LogP contribution in [0.1, 0.15) is 19.8 Å². The molecule has 1 fully saturated rings. The molecule has 0 saturated carbocycles. The molecule has 1 N–H and O–H groups in total. The third kappa shape index (κ3) is 4.67. The maximum Gasteiger partial charge on any atom is 0.222 e. The van der Waals surface area contributed by atoms with Gasteiger partial charge in [-0.15, -0.1) is 0 Å². The van der Waals surface area contributed by atoms with Gasteiger partial charge in [-0.1, -0.05) is 0 Å². The number of halogens is 2. The number of carbonyl (C=O) groups is 1. The molecule has 1 aromatic rings. The van der Waals surface area contributed by atoms with Gasteiger partial charge in [0.15, 0.2) is 11.6 Å². The van der Waals surface area contributed by atoms with Gasteiger partial charge in [0.05, 0.1) is 6.61 Å². The molecule has 0 radical (unpaired) electrons. The van der Waals surface area contributed by atoms with Gasteiger partial charge in [0.1, 0.15) is 5.82 Å². The fraction of sp³-hybridized carbons (Fsp3) is 0.533. The zero-order valence-corrected chi connectivity index (χ0v) is 12.1. The van der Waals surface area contributed by atoms with Crippen molar-refractivity contribution in [2.45, 2.75) is 25.8 Å². The summed E-state index contributed by atoms with van der Waals surface area (Å²) in [5, 5.41) is 3.28. The standard InChI is InChI=1S/C15H20F2N2O2/c1-11-10-19(7-6-18-11)15(20)3-2-8-21-14-5-4-12(16)9-13(14)17/h4-5,9,11,18H,2-3,6-8,10H2,1H3. The molecule has 0 aliphatic carbocycles. The molecule has 1 unspecified atom stereocenters. The van der Waals surface area contributed by atoms with Crippen LogP contribution in [0.5, 0.6) is 5.75 Å². The number of hydrogen-bond acceptors (Lipinski definition) is 3. The van der Waals surface area contributed by atoms with Gasteiger partial charge < -0.3 is 15.0 Å². The van der Waals surface area contributed by atoms with E-state index in [0.29, 0.717) is 25.4 Å². The van der Waals surface area contributed by atoms with Crippen molar-refractivity contribution >= 4 is 5.91 Å². The molecular formula is C15H20F2N2O2.